The Morgan fingerprint density at radius 3 is 2.47 bits per heavy atom. The highest BCUT2D eigenvalue weighted by Gasteiger charge is 2.35. The number of sulfonamides is 1. The lowest BCUT2D eigenvalue weighted by atomic mass is 9.84. The Hall–Kier alpha value is 0.0900. The van der Waals surface area contributed by atoms with E-state index in [0.717, 1.165) is 30.2 Å². The van der Waals surface area contributed by atoms with Gasteiger partial charge in [0, 0.05) is 15.3 Å². The van der Waals surface area contributed by atoms with Crippen LogP contribution in [-0.2, 0) is 10.0 Å². The van der Waals surface area contributed by atoms with Gasteiger partial charge in [-0.2, -0.15) is 0 Å². The number of benzene rings is 1. The van der Waals surface area contributed by atoms with Crippen LogP contribution >= 0.6 is 31.9 Å². The lowest BCUT2D eigenvalue weighted by Gasteiger charge is -2.36. The maximum absolute atomic E-state index is 12.5. The van der Waals surface area contributed by atoms with Gasteiger partial charge in [0.2, 0.25) is 10.0 Å². The van der Waals surface area contributed by atoms with Gasteiger partial charge in [-0.05, 0) is 31.0 Å². The summed E-state index contributed by atoms with van der Waals surface area (Å²) in [5.41, 5.74) is -0.334. The third-order valence-electron chi connectivity index (χ3n) is 3.52. The summed E-state index contributed by atoms with van der Waals surface area (Å²) in [6.45, 7) is 0. The van der Waals surface area contributed by atoms with Crippen molar-refractivity contribution in [2.24, 2.45) is 0 Å². The Balaban J connectivity index is 2.25. The number of halogens is 2. The van der Waals surface area contributed by atoms with E-state index in [9.17, 15) is 8.42 Å². The van der Waals surface area contributed by atoms with Crippen LogP contribution in [0.25, 0.3) is 0 Å². The van der Waals surface area contributed by atoms with Crippen molar-refractivity contribution in [1.82, 2.24) is 4.72 Å². The summed E-state index contributed by atoms with van der Waals surface area (Å²) in [5, 5.41) is 0.660. The molecule has 0 saturated heterocycles. The second-order valence-corrected chi connectivity index (χ2v) is 8.20. The molecule has 0 radical (unpaired) electrons. The van der Waals surface area contributed by atoms with Gasteiger partial charge in [-0.25, -0.2) is 13.1 Å². The first kappa shape index (κ1) is 15.5. The van der Waals surface area contributed by atoms with Gasteiger partial charge in [0.25, 0.3) is 0 Å². The Kier molecular flexibility index (Phi) is 5.09. The molecular formula is C13H17Br2NO2S. The largest absolute Gasteiger partial charge is 0.241 e. The van der Waals surface area contributed by atoms with Crippen molar-refractivity contribution >= 4 is 41.9 Å². The molecule has 19 heavy (non-hydrogen) atoms. The fourth-order valence-corrected chi connectivity index (χ4v) is 5.41. The van der Waals surface area contributed by atoms with Gasteiger partial charge in [0.05, 0.1) is 4.90 Å². The Morgan fingerprint density at radius 2 is 1.89 bits per heavy atom. The molecule has 1 saturated carbocycles. The van der Waals surface area contributed by atoms with Crippen LogP contribution in [0, 0.1) is 0 Å². The highest BCUT2D eigenvalue weighted by molar-refractivity contribution is 9.10. The maximum Gasteiger partial charge on any atom is 0.241 e. The topological polar surface area (TPSA) is 46.2 Å². The summed E-state index contributed by atoms with van der Waals surface area (Å²) in [4.78, 5) is 0.313. The standard InChI is InChI=1S/C13H17Br2NO2S/c14-10-13(7-2-1-3-8-13)16-19(17,18)12-6-4-5-11(15)9-12/h4-6,9,16H,1-3,7-8,10H2. The van der Waals surface area contributed by atoms with E-state index in [0.29, 0.717) is 10.2 Å². The number of hydrogen-bond acceptors (Lipinski definition) is 2. The molecule has 1 aromatic rings. The second kappa shape index (κ2) is 6.24. The van der Waals surface area contributed by atoms with E-state index in [1.165, 1.54) is 6.42 Å². The minimum atomic E-state index is -3.46. The van der Waals surface area contributed by atoms with Crippen LogP contribution in [0.3, 0.4) is 0 Å². The zero-order chi connectivity index (χ0) is 13.9. The zero-order valence-electron chi connectivity index (χ0n) is 10.5. The van der Waals surface area contributed by atoms with Crippen molar-refractivity contribution in [2.75, 3.05) is 5.33 Å². The normalized spacial score (nSPS) is 19.3. The van der Waals surface area contributed by atoms with Crippen LogP contribution in [-0.4, -0.2) is 19.3 Å². The average Bonchev–Trinajstić information content (AvgIpc) is 2.39. The molecule has 1 fully saturated rings. The second-order valence-electron chi connectivity index (χ2n) is 5.04. The minimum absolute atomic E-state index is 0.313. The first-order valence-corrected chi connectivity index (χ1v) is 9.73. The highest BCUT2D eigenvalue weighted by Crippen LogP contribution is 2.31. The average molecular weight is 411 g/mol. The third kappa shape index (κ3) is 3.80. The molecule has 1 aliphatic rings. The van der Waals surface area contributed by atoms with E-state index in [4.69, 9.17) is 0 Å². The van der Waals surface area contributed by atoms with Gasteiger partial charge >= 0.3 is 0 Å². The molecule has 6 heteroatoms. The summed E-state index contributed by atoms with van der Waals surface area (Å²) >= 11 is 6.78. The van der Waals surface area contributed by atoms with Crippen molar-refractivity contribution in [3.8, 4) is 0 Å². The fourth-order valence-electron chi connectivity index (χ4n) is 2.47. The van der Waals surface area contributed by atoms with E-state index in [-0.39, 0.29) is 5.54 Å². The van der Waals surface area contributed by atoms with Crippen LogP contribution in [0.1, 0.15) is 32.1 Å². The molecule has 0 heterocycles. The van der Waals surface area contributed by atoms with Crippen LogP contribution in [0.15, 0.2) is 33.6 Å². The molecule has 106 valence electrons. The van der Waals surface area contributed by atoms with Gasteiger partial charge in [-0.1, -0.05) is 57.2 Å². The molecule has 2 rings (SSSR count). The predicted molar refractivity (Wildman–Crippen MR) is 84.1 cm³/mol. The van der Waals surface area contributed by atoms with Crippen LogP contribution in [0.5, 0.6) is 0 Å². The predicted octanol–water partition coefficient (Wildman–Crippen LogP) is 3.83. The zero-order valence-corrected chi connectivity index (χ0v) is 14.5. The number of alkyl halides is 1. The van der Waals surface area contributed by atoms with Crippen molar-refractivity contribution in [3.63, 3.8) is 0 Å². The summed E-state index contributed by atoms with van der Waals surface area (Å²) < 4.78 is 28.6. The molecule has 1 aliphatic carbocycles. The lowest BCUT2D eigenvalue weighted by Crippen LogP contribution is -2.51. The molecule has 0 aromatic heterocycles. The van der Waals surface area contributed by atoms with E-state index in [1.807, 2.05) is 6.07 Å². The van der Waals surface area contributed by atoms with Crippen molar-refractivity contribution in [1.29, 1.82) is 0 Å². The highest BCUT2D eigenvalue weighted by atomic mass is 79.9. The van der Waals surface area contributed by atoms with Crippen LogP contribution in [0.2, 0.25) is 0 Å². The molecule has 1 aromatic carbocycles. The fraction of sp³-hybridized carbons (Fsp3) is 0.538. The van der Waals surface area contributed by atoms with Crippen LogP contribution < -0.4 is 4.72 Å². The first-order valence-electron chi connectivity index (χ1n) is 6.33. The van der Waals surface area contributed by atoms with E-state index < -0.39 is 10.0 Å². The monoisotopic (exact) mass is 409 g/mol. The van der Waals surface area contributed by atoms with E-state index in [1.54, 1.807) is 18.2 Å². The van der Waals surface area contributed by atoms with Gasteiger partial charge in [0.1, 0.15) is 0 Å². The summed E-state index contributed by atoms with van der Waals surface area (Å²) in [7, 11) is -3.46. The summed E-state index contributed by atoms with van der Waals surface area (Å²) in [6.07, 6.45) is 5.13. The number of rotatable bonds is 4. The maximum atomic E-state index is 12.5. The molecule has 1 N–H and O–H groups in total. The van der Waals surface area contributed by atoms with Crippen LogP contribution in [0.4, 0.5) is 0 Å². The molecular weight excluding hydrogens is 394 g/mol. The van der Waals surface area contributed by atoms with E-state index >= 15 is 0 Å². The van der Waals surface area contributed by atoms with Gasteiger partial charge in [-0.15, -0.1) is 0 Å². The molecule has 3 nitrogen and oxygen atoms in total. The van der Waals surface area contributed by atoms with Gasteiger partial charge < -0.3 is 0 Å². The van der Waals surface area contributed by atoms with Crippen molar-refractivity contribution in [3.05, 3.63) is 28.7 Å². The summed E-state index contributed by atoms with van der Waals surface area (Å²) in [5.74, 6) is 0. The van der Waals surface area contributed by atoms with E-state index in [2.05, 4.69) is 36.6 Å². The Bertz CT molecular complexity index is 539. The smallest absolute Gasteiger partial charge is 0.207 e. The SMILES string of the molecule is O=S(=O)(NC1(CBr)CCCCC1)c1cccc(Br)c1. The van der Waals surface area contributed by atoms with Crippen molar-refractivity contribution in [2.45, 2.75) is 42.5 Å². The molecule has 0 atom stereocenters. The molecule has 0 bridgehead atoms. The van der Waals surface area contributed by atoms with Gasteiger partial charge in [0.15, 0.2) is 0 Å². The Morgan fingerprint density at radius 1 is 1.21 bits per heavy atom. The number of nitrogens with one attached hydrogen (secondary N) is 1. The molecule has 0 amide bonds. The lowest BCUT2D eigenvalue weighted by molar-refractivity contribution is 0.301. The van der Waals surface area contributed by atoms with Crippen molar-refractivity contribution < 1.29 is 8.42 Å². The van der Waals surface area contributed by atoms with Gasteiger partial charge in [-0.3, -0.25) is 0 Å². The number of hydrogen-bond donors (Lipinski definition) is 1. The molecule has 0 aliphatic heterocycles. The Labute approximate surface area is 131 Å². The summed E-state index contributed by atoms with van der Waals surface area (Å²) in [6, 6.07) is 6.81. The third-order valence-corrected chi connectivity index (χ3v) is 6.67. The molecule has 0 unspecified atom stereocenters. The first-order chi connectivity index (χ1) is 8.97. The minimum Gasteiger partial charge on any atom is -0.207 e. The molecule has 0 spiro atoms. The quantitative estimate of drug-likeness (QED) is 0.766.